The van der Waals surface area contributed by atoms with Crippen molar-refractivity contribution in [2.24, 2.45) is 40.4 Å². The van der Waals surface area contributed by atoms with Gasteiger partial charge in [0.15, 0.2) is 11.6 Å². The third-order valence-electron chi connectivity index (χ3n) is 9.83. The Morgan fingerprint density at radius 3 is 2.73 bits per heavy atom. The second-order valence-corrected chi connectivity index (χ2v) is 11.5. The maximum atomic E-state index is 12.2. The van der Waals surface area contributed by atoms with Gasteiger partial charge in [-0.05, 0) is 86.2 Å². The lowest BCUT2D eigenvalue weighted by Gasteiger charge is -2.56. The zero-order valence-electron chi connectivity index (χ0n) is 19.4. The van der Waals surface area contributed by atoms with Crippen molar-refractivity contribution in [2.45, 2.75) is 78.3 Å². The van der Waals surface area contributed by atoms with E-state index in [-0.39, 0.29) is 23.4 Å². The van der Waals surface area contributed by atoms with Crippen LogP contribution >= 0.6 is 0 Å². The van der Waals surface area contributed by atoms with Crippen LogP contribution in [0.1, 0.15) is 60.3 Å². The van der Waals surface area contributed by atoms with Crippen molar-refractivity contribution in [1.82, 2.24) is 0 Å². The molecule has 0 unspecified atom stereocenters. The number of carbonyl (C=O) groups excluding carboxylic acids is 1. The summed E-state index contributed by atoms with van der Waals surface area (Å²) in [6.45, 7) is 12.0. The summed E-state index contributed by atoms with van der Waals surface area (Å²) >= 11 is 0. The van der Waals surface area contributed by atoms with Crippen molar-refractivity contribution in [2.75, 3.05) is 13.7 Å². The first kappa shape index (κ1) is 20.9. The fraction of sp³-hybridized carbons (Fsp3) is 0.808. The molecule has 0 radical (unpaired) electrons. The lowest BCUT2D eigenvalue weighted by atomic mass is 9.48. The van der Waals surface area contributed by atoms with Gasteiger partial charge >= 0.3 is 0 Å². The van der Waals surface area contributed by atoms with Crippen LogP contribution in [0.25, 0.3) is 0 Å². The van der Waals surface area contributed by atoms with Crippen molar-refractivity contribution in [3.63, 3.8) is 0 Å². The Morgan fingerprint density at radius 1 is 1.23 bits per heavy atom. The zero-order valence-corrected chi connectivity index (χ0v) is 19.4. The zero-order chi connectivity index (χ0) is 21.5. The van der Waals surface area contributed by atoms with Gasteiger partial charge in [-0.2, -0.15) is 0 Å². The molecule has 5 rings (SSSR count). The summed E-state index contributed by atoms with van der Waals surface area (Å²) < 4.78 is 17.5. The van der Waals surface area contributed by atoms with E-state index >= 15 is 0 Å². The maximum absolute atomic E-state index is 12.2. The van der Waals surface area contributed by atoms with E-state index in [1.54, 1.807) is 7.11 Å². The van der Waals surface area contributed by atoms with Crippen LogP contribution in [0, 0.1) is 40.4 Å². The molecule has 0 spiro atoms. The fourth-order valence-electron chi connectivity index (χ4n) is 7.85. The first-order chi connectivity index (χ1) is 14.1. The fourth-order valence-corrected chi connectivity index (χ4v) is 7.85. The number of allylic oxidation sites excluding steroid dienone is 2. The van der Waals surface area contributed by atoms with E-state index in [0.29, 0.717) is 35.0 Å². The standard InChI is InChI=1S/C26H38O4/c1-15(14-29-24(2,3)28-6)18-9-10-19-17-8-7-16-13-21(27)22-23(30-22)26(16,5)20(17)11-12-25(18,19)4/h7-8,13,15,17-20,22-23H,9-12,14H2,1-6H3/t15-,17+,18-,19+,20+,22+,23+,25-,26+/m1/s1. The van der Waals surface area contributed by atoms with Gasteiger partial charge in [-0.3, -0.25) is 4.79 Å². The lowest BCUT2D eigenvalue weighted by Crippen LogP contribution is -2.52. The number of carbonyl (C=O) groups is 1. The number of fused-ring (bicyclic) bond motifs is 7. The highest BCUT2D eigenvalue weighted by atomic mass is 16.7. The van der Waals surface area contributed by atoms with Crippen molar-refractivity contribution in [3.05, 3.63) is 23.8 Å². The number of rotatable bonds is 5. The predicted octanol–water partition coefficient (Wildman–Crippen LogP) is 4.93. The number of epoxide rings is 1. The molecule has 4 heteroatoms. The van der Waals surface area contributed by atoms with Gasteiger partial charge in [0.25, 0.3) is 0 Å². The molecule has 1 heterocycles. The molecule has 0 aromatic heterocycles. The molecule has 166 valence electrons. The predicted molar refractivity (Wildman–Crippen MR) is 116 cm³/mol. The molecule has 5 aliphatic rings. The highest BCUT2D eigenvalue weighted by Gasteiger charge is 2.66. The van der Waals surface area contributed by atoms with Crippen LogP contribution in [0.15, 0.2) is 23.8 Å². The van der Waals surface area contributed by atoms with Gasteiger partial charge in [0, 0.05) is 12.5 Å². The third-order valence-corrected chi connectivity index (χ3v) is 9.83. The molecule has 4 aliphatic carbocycles. The molecule has 0 aromatic carbocycles. The van der Waals surface area contributed by atoms with E-state index < -0.39 is 5.79 Å². The highest BCUT2D eigenvalue weighted by molar-refractivity contribution is 5.98. The van der Waals surface area contributed by atoms with E-state index in [9.17, 15) is 4.79 Å². The minimum absolute atomic E-state index is 0.00856. The Balaban J connectivity index is 1.37. The molecule has 9 atom stereocenters. The lowest BCUT2D eigenvalue weighted by molar-refractivity contribution is -0.207. The minimum Gasteiger partial charge on any atom is -0.360 e. The molecular weight excluding hydrogens is 376 g/mol. The van der Waals surface area contributed by atoms with Crippen LogP contribution in [0.4, 0.5) is 0 Å². The highest BCUT2D eigenvalue weighted by Crippen LogP contribution is 2.67. The molecule has 30 heavy (non-hydrogen) atoms. The van der Waals surface area contributed by atoms with Crippen LogP contribution in [0.5, 0.6) is 0 Å². The summed E-state index contributed by atoms with van der Waals surface area (Å²) in [7, 11) is 1.71. The summed E-state index contributed by atoms with van der Waals surface area (Å²) in [5, 5.41) is 0. The van der Waals surface area contributed by atoms with Crippen LogP contribution in [0.3, 0.4) is 0 Å². The SMILES string of the molecule is COC(C)(C)OC[C@@H](C)[C@H]1CC[C@H]2[C@@H]3C=CC4=CC(=O)[C@@H]5O[C@@H]5[C@]4(C)[C@H]3CC[C@]12C. The van der Waals surface area contributed by atoms with Crippen molar-refractivity contribution in [3.8, 4) is 0 Å². The summed E-state index contributed by atoms with van der Waals surface area (Å²) in [5.41, 5.74) is 1.58. The van der Waals surface area contributed by atoms with Gasteiger partial charge in [-0.1, -0.05) is 32.9 Å². The molecule has 2 saturated carbocycles. The largest absolute Gasteiger partial charge is 0.360 e. The molecular formula is C26H38O4. The Bertz CT molecular complexity index is 797. The van der Waals surface area contributed by atoms with E-state index in [0.717, 1.165) is 6.61 Å². The second kappa shape index (κ2) is 6.76. The summed E-state index contributed by atoms with van der Waals surface area (Å²) in [4.78, 5) is 12.2. The Hall–Kier alpha value is -0.970. The minimum atomic E-state index is -0.520. The summed E-state index contributed by atoms with van der Waals surface area (Å²) in [6, 6.07) is 0. The first-order valence-electron chi connectivity index (χ1n) is 11.9. The Kier molecular flexibility index (Phi) is 4.71. The summed E-state index contributed by atoms with van der Waals surface area (Å²) in [6.07, 6.45) is 11.6. The number of hydrogen-bond donors (Lipinski definition) is 0. The second-order valence-electron chi connectivity index (χ2n) is 11.5. The van der Waals surface area contributed by atoms with Crippen LogP contribution in [-0.4, -0.2) is 37.5 Å². The number of ether oxygens (including phenoxy) is 3. The third kappa shape index (κ3) is 2.86. The van der Waals surface area contributed by atoms with Gasteiger partial charge < -0.3 is 14.2 Å². The van der Waals surface area contributed by atoms with E-state index in [1.807, 2.05) is 19.9 Å². The monoisotopic (exact) mass is 414 g/mol. The first-order valence-corrected chi connectivity index (χ1v) is 11.9. The van der Waals surface area contributed by atoms with Crippen molar-refractivity contribution >= 4 is 5.78 Å². The molecule has 1 aliphatic heterocycles. The molecule has 0 bridgehead atoms. The van der Waals surface area contributed by atoms with E-state index in [4.69, 9.17) is 14.2 Å². The van der Waals surface area contributed by atoms with Gasteiger partial charge in [0.05, 0.1) is 6.61 Å². The Morgan fingerprint density at radius 2 is 2.00 bits per heavy atom. The molecule has 3 fully saturated rings. The average Bonchev–Trinajstić information content (AvgIpc) is 3.45. The summed E-state index contributed by atoms with van der Waals surface area (Å²) in [5.74, 6) is 2.76. The van der Waals surface area contributed by atoms with Crippen LogP contribution in [0.2, 0.25) is 0 Å². The maximum Gasteiger partial charge on any atom is 0.187 e. The van der Waals surface area contributed by atoms with Gasteiger partial charge in [-0.15, -0.1) is 0 Å². The van der Waals surface area contributed by atoms with Crippen LogP contribution < -0.4 is 0 Å². The molecule has 1 saturated heterocycles. The quantitative estimate of drug-likeness (QED) is 0.473. The van der Waals surface area contributed by atoms with E-state index in [1.165, 1.54) is 31.3 Å². The van der Waals surface area contributed by atoms with Gasteiger partial charge in [-0.25, -0.2) is 0 Å². The van der Waals surface area contributed by atoms with Crippen molar-refractivity contribution < 1.29 is 19.0 Å². The van der Waals surface area contributed by atoms with E-state index in [2.05, 4.69) is 32.9 Å². The van der Waals surface area contributed by atoms with Crippen molar-refractivity contribution in [1.29, 1.82) is 0 Å². The normalized spacial score (nSPS) is 47.7. The topological polar surface area (TPSA) is 48.1 Å². The number of methoxy groups -OCH3 is 1. The molecule has 4 nitrogen and oxygen atoms in total. The van der Waals surface area contributed by atoms with Gasteiger partial charge in [0.2, 0.25) is 0 Å². The Labute approximate surface area is 181 Å². The molecule has 0 N–H and O–H groups in total. The number of ketones is 1. The smallest absolute Gasteiger partial charge is 0.187 e. The van der Waals surface area contributed by atoms with Crippen LogP contribution in [-0.2, 0) is 19.0 Å². The number of hydrogen-bond acceptors (Lipinski definition) is 4. The molecule has 0 amide bonds. The van der Waals surface area contributed by atoms with Gasteiger partial charge in [0.1, 0.15) is 12.2 Å². The molecule has 0 aromatic rings. The average molecular weight is 415 g/mol.